The number of thiophene rings is 1. The summed E-state index contributed by atoms with van der Waals surface area (Å²) in [6, 6.07) is 0. The van der Waals surface area contributed by atoms with Gasteiger partial charge in [0.2, 0.25) is 0 Å². The highest BCUT2D eigenvalue weighted by atomic mass is 32.1. The van der Waals surface area contributed by atoms with E-state index >= 15 is 0 Å². The lowest BCUT2D eigenvalue weighted by molar-refractivity contribution is 0.0529. The van der Waals surface area contributed by atoms with Crippen molar-refractivity contribution >= 4 is 28.2 Å². The predicted octanol–water partition coefficient (Wildman–Crippen LogP) is 2.94. The van der Waals surface area contributed by atoms with Gasteiger partial charge in [0.1, 0.15) is 4.88 Å². The highest BCUT2D eigenvalue weighted by molar-refractivity contribution is 7.18. The predicted molar refractivity (Wildman–Crippen MR) is 86.0 cm³/mol. The molecule has 0 aliphatic rings. The van der Waals surface area contributed by atoms with Crippen LogP contribution in [0, 0.1) is 0 Å². The molecule has 0 aliphatic carbocycles. The monoisotopic (exact) mass is 312 g/mol. The van der Waals surface area contributed by atoms with Gasteiger partial charge in [-0.1, -0.05) is 27.7 Å². The van der Waals surface area contributed by atoms with Crippen LogP contribution in [0.15, 0.2) is 0 Å². The zero-order chi connectivity index (χ0) is 16.2. The zero-order valence-corrected chi connectivity index (χ0v) is 14.1. The average molecular weight is 312 g/mol. The van der Waals surface area contributed by atoms with Crippen LogP contribution in [-0.2, 0) is 10.2 Å². The minimum atomic E-state index is -0.423. The van der Waals surface area contributed by atoms with Crippen molar-refractivity contribution in [1.82, 2.24) is 5.32 Å². The van der Waals surface area contributed by atoms with Crippen LogP contribution in [0.3, 0.4) is 0 Å². The van der Waals surface area contributed by atoms with Crippen molar-refractivity contribution in [2.24, 2.45) is 0 Å². The number of hydrogen-bond donors (Lipinski definition) is 2. The Hall–Kier alpha value is -1.56. The van der Waals surface area contributed by atoms with Crippen LogP contribution in [0.25, 0.3) is 0 Å². The number of hydrogen-bond acceptors (Lipinski definition) is 5. The summed E-state index contributed by atoms with van der Waals surface area (Å²) >= 11 is 1.12. The number of esters is 1. The maximum atomic E-state index is 12.3. The maximum absolute atomic E-state index is 12.3. The van der Waals surface area contributed by atoms with Gasteiger partial charge in [0.25, 0.3) is 5.91 Å². The van der Waals surface area contributed by atoms with E-state index in [4.69, 9.17) is 10.5 Å². The molecule has 0 saturated carbocycles. The fraction of sp³-hybridized carbons (Fsp3) is 0.600. The fourth-order valence-electron chi connectivity index (χ4n) is 2.06. The van der Waals surface area contributed by atoms with Crippen LogP contribution in [0.1, 0.15) is 66.6 Å². The number of carbonyl (C=O) groups excluding carboxylic acids is 2. The van der Waals surface area contributed by atoms with Crippen molar-refractivity contribution in [1.29, 1.82) is 0 Å². The van der Waals surface area contributed by atoms with Gasteiger partial charge in [-0.2, -0.15) is 0 Å². The second-order valence-corrected chi connectivity index (χ2v) is 6.82. The summed E-state index contributed by atoms with van der Waals surface area (Å²) in [4.78, 5) is 24.9. The van der Waals surface area contributed by atoms with Crippen LogP contribution < -0.4 is 11.1 Å². The number of nitrogen functional groups attached to an aromatic ring is 1. The van der Waals surface area contributed by atoms with Crippen molar-refractivity contribution in [3.8, 4) is 0 Å². The molecule has 5 nitrogen and oxygen atoms in total. The molecule has 6 heteroatoms. The van der Waals surface area contributed by atoms with E-state index in [1.807, 2.05) is 27.7 Å². The van der Waals surface area contributed by atoms with E-state index in [1.54, 1.807) is 6.92 Å². The van der Waals surface area contributed by atoms with Gasteiger partial charge in [-0.25, -0.2) is 4.79 Å². The van der Waals surface area contributed by atoms with Gasteiger partial charge in [-0.15, -0.1) is 11.3 Å². The molecule has 1 aromatic heterocycles. The molecule has 118 valence electrons. The SMILES string of the molecule is CCCNC(=O)c1c(N)sc(C(=O)OCC)c1C(C)(C)C. The van der Waals surface area contributed by atoms with Gasteiger partial charge in [-0.05, 0) is 24.3 Å². The average Bonchev–Trinajstić information content (AvgIpc) is 2.74. The van der Waals surface area contributed by atoms with Crippen molar-refractivity contribution in [3.05, 3.63) is 16.0 Å². The molecule has 21 heavy (non-hydrogen) atoms. The molecule has 0 aromatic carbocycles. The van der Waals surface area contributed by atoms with E-state index < -0.39 is 5.97 Å². The minimum absolute atomic E-state index is 0.230. The summed E-state index contributed by atoms with van der Waals surface area (Å²) in [5.74, 6) is -0.653. The van der Waals surface area contributed by atoms with E-state index in [2.05, 4.69) is 5.32 Å². The summed E-state index contributed by atoms with van der Waals surface area (Å²) in [7, 11) is 0. The molecule has 0 bridgehead atoms. The summed E-state index contributed by atoms with van der Waals surface area (Å²) in [5, 5.41) is 3.18. The molecule has 0 atom stereocenters. The second-order valence-electron chi connectivity index (χ2n) is 5.77. The van der Waals surface area contributed by atoms with Gasteiger partial charge in [0.05, 0.1) is 17.2 Å². The Bertz CT molecular complexity index is 530. The Balaban J connectivity index is 3.36. The number of ether oxygens (including phenoxy) is 1. The number of nitrogens with one attached hydrogen (secondary N) is 1. The van der Waals surface area contributed by atoms with Gasteiger partial charge in [-0.3, -0.25) is 4.79 Å². The number of amides is 1. The molecule has 1 amide bonds. The fourth-order valence-corrected chi connectivity index (χ4v) is 3.23. The van der Waals surface area contributed by atoms with Crippen LogP contribution in [0.4, 0.5) is 5.00 Å². The minimum Gasteiger partial charge on any atom is -0.462 e. The van der Waals surface area contributed by atoms with Crippen LogP contribution in [-0.4, -0.2) is 25.0 Å². The van der Waals surface area contributed by atoms with Crippen LogP contribution in [0.2, 0.25) is 0 Å². The molecule has 0 radical (unpaired) electrons. The standard InChI is InChI=1S/C15H24N2O3S/c1-6-8-17-13(18)9-10(15(3,4)5)11(21-12(9)16)14(19)20-7-2/h6-8,16H2,1-5H3,(H,17,18). The highest BCUT2D eigenvalue weighted by Crippen LogP contribution is 2.39. The molecule has 0 unspecified atom stereocenters. The van der Waals surface area contributed by atoms with Crippen LogP contribution in [0.5, 0.6) is 0 Å². The summed E-state index contributed by atoms with van der Waals surface area (Å²) < 4.78 is 5.08. The number of anilines is 1. The van der Waals surface area contributed by atoms with E-state index in [-0.39, 0.29) is 17.9 Å². The van der Waals surface area contributed by atoms with Gasteiger partial charge in [0.15, 0.2) is 0 Å². The number of nitrogens with two attached hydrogens (primary N) is 1. The zero-order valence-electron chi connectivity index (χ0n) is 13.3. The highest BCUT2D eigenvalue weighted by Gasteiger charge is 2.33. The lowest BCUT2D eigenvalue weighted by Gasteiger charge is -2.21. The Labute approximate surface area is 129 Å². The molecule has 0 saturated heterocycles. The largest absolute Gasteiger partial charge is 0.462 e. The molecular formula is C15H24N2O3S. The molecule has 3 N–H and O–H groups in total. The Morgan fingerprint density at radius 3 is 2.38 bits per heavy atom. The Morgan fingerprint density at radius 1 is 1.29 bits per heavy atom. The molecule has 0 fully saturated rings. The lowest BCUT2D eigenvalue weighted by Crippen LogP contribution is -2.28. The van der Waals surface area contributed by atoms with E-state index in [0.717, 1.165) is 17.8 Å². The van der Waals surface area contributed by atoms with Crippen molar-refractivity contribution in [2.45, 2.75) is 46.5 Å². The topological polar surface area (TPSA) is 81.4 Å². The van der Waals surface area contributed by atoms with Gasteiger partial charge in [0, 0.05) is 6.54 Å². The van der Waals surface area contributed by atoms with Crippen molar-refractivity contribution in [3.63, 3.8) is 0 Å². The quantitative estimate of drug-likeness (QED) is 0.819. The first kappa shape index (κ1) is 17.5. The lowest BCUT2D eigenvalue weighted by atomic mass is 9.84. The third kappa shape index (κ3) is 3.97. The summed E-state index contributed by atoms with van der Waals surface area (Å²) in [6.07, 6.45) is 0.839. The van der Waals surface area contributed by atoms with E-state index in [1.165, 1.54) is 0 Å². The first-order valence-corrected chi connectivity index (χ1v) is 7.93. The molecule has 0 spiro atoms. The van der Waals surface area contributed by atoms with Crippen LogP contribution >= 0.6 is 11.3 Å². The normalized spacial score (nSPS) is 11.3. The van der Waals surface area contributed by atoms with Gasteiger partial charge < -0.3 is 15.8 Å². The molecule has 1 heterocycles. The third-order valence-electron chi connectivity index (χ3n) is 2.91. The van der Waals surface area contributed by atoms with E-state index in [0.29, 0.717) is 27.5 Å². The molecule has 1 rings (SSSR count). The summed E-state index contributed by atoms with van der Waals surface area (Å²) in [5.41, 5.74) is 6.69. The first-order chi connectivity index (χ1) is 9.73. The molecule has 1 aromatic rings. The Kier molecular flexibility index (Phi) is 5.78. The number of carbonyl (C=O) groups is 2. The van der Waals surface area contributed by atoms with Crippen molar-refractivity contribution < 1.29 is 14.3 Å². The van der Waals surface area contributed by atoms with E-state index in [9.17, 15) is 9.59 Å². The van der Waals surface area contributed by atoms with Gasteiger partial charge >= 0.3 is 5.97 Å². The first-order valence-electron chi connectivity index (χ1n) is 7.12. The molecular weight excluding hydrogens is 288 g/mol. The number of rotatable bonds is 5. The Morgan fingerprint density at radius 2 is 1.90 bits per heavy atom. The maximum Gasteiger partial charge on any atom is 0.348 e. The van der Waals surface area contributed by atoms with Crippen molar-refractivity contribution in [2.75, 3.05) is 18.9 Å². The molecule has 0 aliphatic heterocycles. The third-order valence-corrected chi connectivity index (χ3v) is 3.91. The summed E-state index contributed by atoms with van der Waals surface area (Å²) in [6.45, 7) is 10.5. The second kappa shape index (κ2) is 6.93. The smallest absolute Gasteiger partial charge is 0.348 e.